The smallest absolute Gasteiger partial charge is 0.243 e. The largest absolute Gasteiger partial charge is 0.493 e. The number of rotatable bonds is 6. The second-order valence-electron chi connectivity index (χ2n) is 6.77. The average molecular weight is 414 g/mol. The Hall–Kier alpha value is -2.91. The van der Waals surface area contributed by atoms with Crippen molar-refractivity contribution in [3.05, 3.63) is 54.7 Å². The van der Waals surface area contributed by atoms with Gasteiger partial charge in [-0.3, -0.25) is 0 Å². The van der Waals surface area contributed by atoms with Gasteiger partial charge in [0.05, 0.1) is 31.4 Å². The molecule has 0 aliphatic carbocycles. The zero-order valence-corrected chi connectivity index (χ0v) is 17.0. The topological polar surface area (TPSA) is 86.6 Å². The van der Waals surface area contributed by atoms with Gasteiger partial charge < -0.3 is 9.47 Å². The SMILES string of the molecule is COc1ccc(S(=O)(=O)N2CCC(n3cc(-c4ccccc4)nn3)C2)cc1OC. The molecule has 1 unspecified atom stereocenters. The molecule has 152 valence electrons. The molecule has 3 aromatic rings. The third-order valence-corrected chi connectivity index (χ3v) is 6.93. The second-order valence-corrected chi connectivity index (χ2v) is 8.71. The van der Waals surface area contributed by atoms with Crippen LogP contribution in [0.2, 0.25) is 0 Å². The molecule has 1 atom stereocenters. The summed E-state index contributed by atoms with van der Waals surface area (Å²) in [6, 6.07) is 14.3. The van der Waals surface area contributed by atoms with E-state index in [9.17, 15) is 8.42 Å². The molecular weight excluding hydrogens is 392 g/mol. The summed E-state index contributed by atoms with van der Waals surface area (Å²) in [6.45, 7) is 0.760. The molecule has 0 radical (unpaired) electrons. The summed E-state index contributed by atoms with van der Waals surface area (Å²) in [5.41, 5.74) is 1.75. The number of hydrogen-bond acceptors (Lipinski definition) is 6. The highest BCUT2D eigenvalue weighted by molar-refractivity contribution is 7.89. The average Bonchev–Trinajstić information content (AvgIpc) is 3.44. The quantitative estimate of drug-likeness (QED) is 0.616. The molecule has 2 heterocycles. The third-order valence-electron chi connectivity index (χ3n) is 5.07. The van der Waals surface area contributed by atoms with Crippen molar-refractivity contribution in [3.63, 3.8) is 0 Å². The van der Waals surface area contributed by atoms with Gasteiger partial charge in [-0.15, -0.1) is 5.10 Å². The highest BCUT2D eigenvalue weighted by Crippen LogP contribution is 2.33. The van der Waals surface area contributed by atoms with Crippen LogP contribution in [0.15, 0.2) is 59.6 Å². The van der Waals surface area contributed by atoms with E-state index in [1.165, 1.54) is 30.7 Å². The first-order valence-corrected chi connectivity index (χ1v) is 10.7. The van der Waals surface area contributed by atoms with Crippen LogP contribution in [0.3, 0.4) is 0 Å². The van der Waals surface area contributed by atoms with Crippen molar-refractivity contribution in [2.24, 2.45) is 0 Å². The van der Waals surface area contributed by atoms with Gasteiger partial charge in [-0.05, 0) is 18.6 Å². The standard InChI is InChI=1S/C20H22N4O4S/c1-27-19-9-8-17(12-20(19)28-2)29(25,26)23-11-10-16(13-23)24-14-18(21-22-24)15-6-4-3-5-7-15/h3-9,12,14,16H,10-11,13H2,1-2H3. The predicted octanol–water partition coefficient (Wildman–Crippen LogP) is 2.60. The normalized spacial score (nSPS) is 17.4. The van der Waals surface area contributed by atoms with E-state index in [0.29, 0.717) is 31.0 Å². The van der Waals surface area contributed by atoms with Crippen molar-refractivity contribution in [3.8, 4) is 22.8 Å². The molecule has 1 saturated heterocycles. The number of hydrogen-bond donors (Lipinski definition) is 0. The minimum absolute atomic E-state index is 0.0603. The van der Waals surface area contributed by atoms with Gasteiger partial charge in [-0.1, -0.05) is 35.5 Å². The van der Waals surface area contributed by atoms with Crippen molar-refractivity contribution in [1.29, 1.82) is 0 Å². The lowest BCUT2D eigenvalue weighted by molar-refractivity contribution is 0.353. The van der Waals surface area contributed by atoms with Gasteiger partial charge in [0.1, 0.15) is 5.69 Å². The molecule has 0 saturated carbocycles. The Morgan fingerprint density at radius 3 is 2.52 bits per heavy atom. The van der Waals surface area contributed by atoms with Crippen LogP contribution in [0.4, 0.5) is 0 Å². The van der Waals surface area contributed by atoms with E-state index in [1.54, 1.807) is 10.7 Å². The Bertz CT molecular complexity index is 1100. The van der Waals surface area contributed by atoms with Crippen LogP contribution in [0.5, 0.6) is 11.5 Å². The van der Waals surface area contributed by atoms with E-state index in [0.717, 1.165) is 11.3 Å². The number of aromatic nitrogens is 3. The highest BCUT2D eigenvalue weighted by Gasteiger charge is 2.34. The number of nitrogens with zero attached hydrogens (tertiary/aromatic N) is 4. The summed E-state index contributed by atoms with van der Waals surface area (Å²) < 4.78 is 39.8. The van der Waals surface area contributed by atoms with Crippen molar-refractivity contribution in [1.82, 2.24) is 19.3 Å². The fourth-order valence-corrected chi connectivity index (χ4v) is 4.98. The summed E-state index contributed by atoms with van der Waals surface area (Å²) in [5, 5.41) is 8.46. The van der Waals surface area contributed by atoms with Gasteiger partial charge in [0.2, 0.25) is 10.0 Å². The number of ether oxygens (including phenoxy) is 2. The van der Waals surface area contributed by atoms with Crippen LogP contribution in [-0.4, -0.2) is 55.0 Å². The van der Waals surface area contributed by atoms with Crippen LogP contribution in [0.25, 0.3) is 11.3 Å². The first-order valence-electron chi connectivity index (χ1n) is 9.22. The maximum Gasteiger partial charge on any atom is 0.243 e. The molecule has 4 rings (SSSR count). The molecule has 0 N–H and O–H groups in total. The molecule has 0 bridgehead atoms. The van der Waals surface area contributed by atoms with Crippen LogP contribution in [-0.2, 0) is 10.0 Å². The Kier molecular flexibility index (Phi) is 5.25. The predicted molar refractivity (Wildman–Crippen MR) is 107 cm³/mol. The molecule has 1 aliphatic heterocycles. The van der Waals surface area contributed by atoms with E-state index < -0.39 is 10.0 Å². The van der Waals surface area contributed by atoms with Crippen LogP contribution >= 0.6 is 0 Å². The lowest BCUT2D eigenvalue weighted by Crippen LogP contribution is -2.29. The summed E-state index contributed by atoms with van der Waals surface area (Å²) in [5.74, 6) is 0.870. The molecule has 0 amide bonds. The first-order chi connectivity index (χ1) is 14.0. The van der Waals surface area contributed by atoms with Gasteiger partial charge in [0.25, 0.3) is 0 Å². The third kappa shape index (κ3) is 3.70. The second kappa shape index (κ2) is 7.84. The monoisotopic (exact) mass is 414 g/mol. The Morgan fingerprint density at radius 2 is 1.79 bits per heavy atom. The van der Waals surface area contributed by atoms with Gasteiger partial charge in [0, 0.05) is 24.7 Å². The van der Waals surface area contributed by atoms with E-state index in [2.05, 4.69) is 10.3 Å². The molecule has 1 aliphatic rings. The molecule has 1 aromatic heterocycles. The summed E-state index contributed by atoms with van der Waals surface area (Å²) in [6.07, 6.45) is 2.54. The van der Waals surface area contributed by atoms with Gasteiger partial charge in [-0.2, -0.15) is 4.31 Å². The van der Waals surface area contributed by atoms with Crippen molar-refractivity contribution in [2.75, 3.05) is 27.3 Å². The van der Waals surface area contributed by atoms with Crippen LogP contribution in [0.1, 0.15) is 12.5 Å². The maximum absolute atomic E-state index is 13.1. The first kappa shape index (κ1) is 19.4. The van der Waals surface area contributed by atoms with E-state index in [-0.39, 0.29) is 10.9 Å². The fraction of sp³-hybridized carbons (Fsp3) is 0.300. The zero-order valence-electron chi connectivity index (χ0n) is 16.2. The van der Waals surface area contributed by atoms with E-state index >= 15 is 0 Å². The van der Waals surface area contributed by atoms with Crippen molar-refractivity contribution >= 4 is 10.0 Å². The fourth-order valence-electron chi connectivity index (χ4n) is 3.47. The molecule has 8 nitrogen and oxygen atoms in total. The minimum Gasteiger partial charge on any atom is -0.493 e. The van der Waals surface area contributed by atoms with Crippen molar-refractivity contribution < 1.29 is 17.9 Å². The molecular formula is C20H22N4O4S. The number of methoxy groups -OCH3 is 2. The highest BCUT2D eigenvalue weighted by atomic mass is 32.2. The Labute approximate surface area is 169 Å². The molecule has 29 heavy (non-hydrogen) atoms. The molecule has 1 fully saturated rings. The Morgan fingerprint density at radius 1 is 1.03 bits per heavy atom. The summed E-state index contributed by atoms with van der Waals surface area (Å²) >= 11 is 0. The van der Waals surface area contributed by atoms with E-state index in [1.807, 2.05) is 36.5 Å². The van der Waals surface area contributed by atoms with E-state index in [4.69, 9.17) is 9.47 Å². The summed E-state index contributed by atoms with van der Waals surface area (Å²) in [4.78, 5) is 0.180. The molecule has 0 spiro atoms. The lowest BCUT2D eigenvalue weighted by atomic mass is 10.2. The van der Waals surface area contributed by atoms with Crippen LogP contribution < -0.4 is 9.47 Å². The van der Waals surface area contributed by atoms with Crippen LogP contribution in [0, 0.1) is 0 Å². The van der Waals surface area contributed by atoms with Gasteiger partial charge in [-0.25, -0.2) is 13.1 Å². The zero-order chi connectivity index (χ0) is 20.4. The Balaban J connectivity index is 1.53. The molecule has 2 aromatic carbocycles. The van der Waals surface area contributed by atoms with Gasteiger partial charge >= 0.3 is 0 Å². The maximum atomic E-state index is 13.1. The molecule has 9 heteroatoms. The lowest BCUT2D eigenvalue weighted by Gasteiger charge is -2.17. The van der Waals surface area contributed by atoms with Crippen molar-refractivity contribution in [2.45, 2.75) is 17.4 Å². The van der Waals surface area contributed by atoms with Gasteiger partial charge in [0.15, 0.2) is 11.5 Å². The number of sulfonamides is 1. The minimum atomic E-state index is -3.65. The summed E-state index contributed by atoms with van der Waals surface area (Å²) in [7, 11) is -0.652. The number of benzene rings is 2.